The van der Waals surface area contributed by atoms with Crippen LogP contribution in [0.5, 0.6) is 0 Å². The Morgan fingerprint density at radius 1 is 0.909 bits per heavy atom. The molecule has 0 bridgehead atoms. The monoisotopic (exact) mass is 310 g/mol. The van der Waals surface area contributed by atoms with Crippen LogP contribution in [0.15, 0.2) is 12.2 Å². The van der Waals surface area contributed by atoms with Crippen LogP contribution in [0.4, 0.5) is 0 Å². The van der Waals surface area contributed by atoms with E-state index in [-0.39, 0.29) is 5.97 Å². The highest BCUT2D eigenvalue weighted by atomic mass is 16.5. The van der Waals surface area contributed by atoms with Crippen molar-refractivity contribution in [3.63, 3.8) is 0 Å². The quantitative estimate of drug-likeness (QED) is 0.197. The van der Waals surface area contributed by atoms with Gasteiger partial charge >= 0.3 is 5.97 Å². The van der Waals surface area contributed by atoms with E-state index in [4.69, 9.17) is 4.74 Å². The fourth-order valence-corrected chi connectivity index (χ4v) is 2.76. The van der Waals surface area contributed by atoms with Gasteiger partial charge in [-0.25, -0.2) is 4.79 Å². The maximum atomic E-state index is 11.2. The van der Waals surface area contributed by atoms with Gasteiger partial charge in [0.2, 0.25) is 0 Å². The summed E-state index contributed by atoms with van der Waals surface area (Å²) in [5, 5.41) is 0. The first kappa shape index (κ1) is 21.2. The molecule has 0 aromatic carbocycles. The smallest absolute Gasteiger partial charge is 0.333 e. The molecule has 0 radical (unpaired) electrons. The minimum Gasteiger partial charge on any atom is -0.462 e. The molecular weight excluding hydrogens is 272 g/mol. The molecule has 0 N–H and O–H groups in total. The van der Waals surface area contributed by atoms with E-state index in [1.807, 2.05) is 0 Å². The Morgan fingerprint density at radius 3 is 1.91 bits per heavy atom. The number of hydrogen-bond acceptors (Lipinski definition) is 2. The van der Waals surface area contributed by atoms with Crippen LogP contribution in [-0.4, -0.2) is 12.6 Å². The van der Waals surface area contributed by atoms with E-state index in [9.17, 15) is 4.79 Å². The van der Waals surface area contributed by atoms with Crippen molar-refractivity contribution in [2.75, 3.05) is 6.61 Å². The zero-order chi connectivity index (χ0) is 16.6. The third-order valence-corrected chi connectivity index (χ3v) is 4.20. The van der Waals surface area contributed by atoms with Crippen LogP contribution in [0.25, 0.3) is 0 Å². The maximum absolute atomic E-state index is 11.2. The van der Waals surface area contributed by atoms with Gasteiger partial charge in [-0.3, -0.25) is 0 Å². The van der Waals surface area contributed by atoms with Gasteiger partial charge in [-0.2, -0.15) is 0 Å². The van der Waals surface area contributed by atoms with Crippen LogP contribution < -0.4 is 0 Å². The van der Waals surface area contributed by atoms with Gasteiger partial charge in [0.05, 0.1) is 6.61 Å². The predicted molar refractivity (Wildman–Crippen MR) is 96.0 cm³/mol. The van der Waals surface area contributed by atoms with E-state index in [2.05, 4.69) is 20.4 Å². The molecule has 0 saturated carbocycles. The highest BCUT2D eigenvalue weighted by Gasteiger charge is 2.02. The van der Waals surface area contributed by atoms with Crippen molar-refractivity contribution in [3.05, 3.63) is 12.2 Å². The number of hydrogen-bond donors (Lipinski definition) is 0. The predicted octanol–water partition coefficient (Wildman–Crippen LogP) is 6.44. The lowest BCUT2D eigenvalue weighted by Gasteiger charge is -2.09. The molecule has 2 nitrogen and oxygen atoms in total. The van der Waals surface area contributed by atoms with E-state index in [1.165, 1.54) is 64.2 Å². The van der Waals surface area contributed by atoms with Gasteiger partial charge in [0, 0.05) is 5.57 Å². The fraction of sp³-hybridized carbons (Fsp3) is 0.850. The lowest BCUT2D eigenvalue weighted by molar-refractivity contribution is -0.139. The molecule has 1 atom stereocenters. The lowest BCUT2D eigenvalue weighted by atomic mass is 9.98. The summed E-state index contributed by atoms with van der Waals surface area (Å²) in [7, 11) is 0. The van der Waals surface area contributed by atoms with Crippen molar-refractivity contribution in [1.82, 2.24) is 0 Å². The minimum absolute atomic E-state index is 0.256. The second-order valence-corrected chi connectivity index (χ2v) is 6.78. The Bertz CT molecular complexity index is 283. The second kappa shape index (κ2) is 15.1. The molecule has 0 rings (SSSR count). The molecule has 0 aromatic rings. The van der Waals surface area contributed by atoms with Crippen molar-refractivity contribution >= 4 is 5.97 Å². The zero-order valence-corrected chi connectivity index (χ0v) is 15.3. The van der Waals surface area contributed by atoms with Gasteiger partial charge in [-0.15, -0.1) is 0 Å². The van der Waals surface area contributed by atoms with Crippen molar-refractivity contribution in [1.29, 1.82) is 0 Å². The summed E-state index contributed by atoms with van der Waals surface area (Å²) in [5.41, 5.74) is 0.490. The summed E-state index contributed by atoms with van der Waals surface area (Å²) in [6.45, 7) is 10.5. The molecule has 0 spiro atoms. The third kappa shape index (κ3) is 14.2. The summed E-state index contributed by atoms with van der Waals surface area (Å²) in [4.78, 5) is 11.2. The van der Waals surface area contributed by atoms with Gasteiger partial charge in [0.25, 0.3) is 0 Å². The van der Waals surface area contributed by atoms with Crippen LogP contribution in [0, 0.1) is 5.92 Å². The molecule has 0 heterocycles. The van der Waals surface area contributed by atoms with Gasteiger partial charge in [-0.05, 0) is 19.3 Å². The summed E-state index contributed by atoms with van der Waals surface area (Å²) in [6.07, 6.45) is 15.8. The zero-order valence-electron chi connectivity index (χ0n) is 15.3. The number of carbonyl (C=O) groups is 1. The van der Waals surface area contributed by atoms with Crippen LogP contribution in [0.2, 0.25) is 0 Å². The Morgan fingerprint density at radius 2 is 1.41 bits per heavy atom. The van der Waals surface area contributed by atoms with Crippen LogP contribution in [0.1, 0.15) is 97.8 Å². The van der Waals surface area contributed by atoms with E-state index in [0.29, 0.717) is 12.2 Å². The SMILES string of the molecule is C=C(C)C(=O)OCCCCCCCCCCCC(C)CCC. The fourth-order valence-electron chi connectivity index (χ4n) is 2.76. The van der Waals surface area contributed by atoms with Gasteiger partial charge in [-0.1, -0.05) is 91.1 Å². The van der Waals surface area contributed by atoms with Crippen molar-refractivity contribution < 1.29 is 9.53 Å². The summed E-state index contributed by atoms with van der Waals surface area (Å²) < 4.78 is 5.07. The van der Waals surface area contributed by atoms with Gasteiger partial charge in [0.15, 0.2) is 0 Å². The van der Waals surface area contributed by atoms with Crippen molar-refractivity contribution in [2.24, 2.45) is 5.92 Å². The molecule has 0 aliphatic heterocycles. The minimum atomic E-state index is -0.256. The number of unbranched alkanes of at least 4 members (excludes halogenated alkanes) is 8. The lowest BCUT2D eigenvalue weighted by Crippen LogP contribution is -2.05. The molecule has 2 heteroatoms. The molecule has 0 fully saturated rings. The largest absolute Gasteiger partial charge is 0.462 e. The number of esters is 1. The first-order chi connectivity index (χ1) is 10.6. The van der Waals surface area contributed by atoms with E-state index < -0.39 is 0 Å². The van der Waals surface area contributed by atoms with Crippen molar-refractivity contribution in [3.8, 4) is 0 Å². The van der Waals surface area contributed by atoms with Crippen LogP contribution in [-0.2, 0) is 9.53 Å². The summed E-state index contributed by atoms with van der Waals surface area (Å²) in [6, 6.07) is 0. The molecule has 0 aromatic heterocycles. The van der Waals surface area contributed by atoms with Gasteiger partial charge < -0.3 is 4.74 Å². The number of ether oxygens (including phenoxy) is 1. The summed E-state index contributed by atoms with van der Waals surface area (Å²) in [5.74, 6) is 0.664. The Hall–Kier alpha value is -0.790. The standard InChI is InChI=1S/C20H38O2/c1-5-15-19(4)16-13-11-9-7-6-8-10-12-14-17-22-20(21)18(2)3/h19H,2,5-17H2,1,3-4H3. The third-order valence-electron chi connectivity index (χ3n) is 4.20. The highest BCUT2D eigenvalue weighted by molar-refractivity contribution is 5.86. The number of carbonyl (C=O) groups excluding carboxylic acids is 1. The van der Waals surface area contributed by atoms with E-state index in [0.717, 1.165) is 18.8 Å². The van der Waals surface area contributed by atoms with Gasteiger partial charge in [0.1, 0.15) is 0 Å². The highest BCUT2D eigenvalue weighted by Crippen LogP contribution is 2.16. The average molecular weight is 311 g/mol. The van der Waals surface area contributed by atoms with E-state index >= 15 is 0 Å². The van der Waals surface area contributed by atoms with Crippen LogP contribution >= 0.6 is 0 Å². The first-order valence-corrected chi connectivity index (χ1v) is 9.40. The molecule has 22 heavy (non-hydrogen) atoms. The Balaban J connectivity index is 3.14. The summed E-state index contributed by atoms with van der Waals surface area (Å²) >= 11 is 0. The second-order valence-electron chi connectivity index (χ2n) is 6.78. The Labute approximate surface area is 138 Å². The molecule has 0 aliphatic rings. The molecule has 1 unspecified atom stereocenters. The Kier molecular flexibility index (Phi) is 14.6. The van der Waals surface area contributed by atoms with Crippen molar-refractivity contribution in [2.45, 2.75) is 97.8 Å². The molecule has 0 aliphatic carbocycles. The van der Waals surface area contributed by atoms with E-state index in [1.54, 1.807) is 6.92 Å². The molecule has 130 valence electrons. The average Bonchev–Trinajstić information content (AvgIpc) is 2.48. The maximum Gasteiger partial charge on any atom is 0.333 e. The van der Waals surface area contributed by atoms with Crippen LogP contribution in [0.3, 0.4) is 0 Å². The normalized spacial score (nSPS) is 12.1. The first-order valence-electron chi connectivity index (χ1n) is 9.40. The topological polar surface area (TPSA) is 26.3 Å². The molecule has 0 amide bonds. The molecular formula is C20H38O2. The molecule has 0 saturated heterocycles. The number of rotatable bonds is 15.